The van der Waals surface area contributed by atoms with E-state index in [0.717, 1.165) is 12.8 Å². The smallest absolute Gasteiger partial charge is 0.0625 e. The van der Waals surface area contributed by atoms with Gasteiger partial charge in [0.1, 0.15) is 0 Å². The molecule has 0 aliphatic rings. The Labute approximate surface area is 70.1 Å². The fourth-order valence-electron chi connectivity index (χ4n) is 1.28. The van der Waals surface area contributed by atoms with E-state index >= 15 is 0 Å². The van der Waals surface area contributed by atoms with Gasteiger partial charge in [0, 0.05) is 0 Å². The summed E-state index contributed by atoms with van der Waals surface area (Å²) in [6, 6.07) is 0. The lowest BCUT2D eigenvalue weighted by atomic mass is 9.90. The Kier molecular flexibility index (Phi) is 5.22. The molecule has 1 nitrogen and oxygen atoms in total. The van der Waals surface area contributed by atoms with Gasteiger partial charge in [-0.15, -0.1) is 6.58 Å². The molecule has 0 bridgehead atoms. The van der Waals surface area contributed by atoms with Gasteiger partial charge in [0.25, 0.3) is 0 Å². The maximum atomic E-state index is 9.65. The number of hydrogen-bond acceptors (Lipinski definition) is 1. The molecule has 0 rings (SSSR count). The minimum atomic E-state index is -0.215. The van der Waals surface area contributed by atoms with Crippen molar-refractivity contribution < 1.29 is 5.11 Å². The Morgan fingerprint density at radius 2 is 2.00 bits per heavy atom. The van der Waals surface area contributed by atoms with E-state index in [1.54, 1.807) is 0 Å². The summed E-state index contributed by atoms with van der Waals surface area (Å²) in [6.07, 6.45) is 3.84. The van der Waals surface area contributed by atoms with E-state index in [1.165, 1.54) is 0 Å². The van der Waals surface area contributed by atoms with Gasteiger partial charge in [-0.05, 0) is 18.3 Å². The van der Waals surface area contributed by atoms with Gasteiger partial charge in [-0.3, -0.25) is 0 Å². The normalized spacial score (nSPS) is 18.9. The Balaban J connectivity index is 3.79. The summed E-state index contributed by atoms with van der Waals surface area (Å²) in [5, 5.41) is 9.65. The zero-order chi connectivity index (χ0) is 8.85. The minimum Gasteiger partial charge on any atom is -0.392 e. The first-order chi connectivity index (χ1) is 5.13. The summed E-state index contributed by atoms with van der Waals surface area (Å²) in [6.45, 7) is 9.90. The van der Waals surface area contributed by atoms with Crippen LogP contribution in [0.4, 0.5) is 0 Å². The van der Waals surface area contributed by atoms with Crippen LogP contribution >= 0.6 is 0 Å². The zero-order valence-corrected chi connectivity index (χ0v) is 7.88. The van der Waals surface area contributed by atoms with Gasteiger partial charge in [-0.1, -0.05) is 33.3 Å². The number of aliphatic hydroxyl groups excluding tert-OH is 1. The highest BCUT2D eigenvalue weighted by molar-refractivity contribution is 4.83. The van der Waals surface area contributed by atoms with Crippen LogP contribution in [0.3, 0.4) is 0 Å². The largest absolute Gasteiger partial charge is 0.392 e. The maximum Gasteiger partial charge on any atom is 0.0625 e. The highest BCUT2D eigenvalue weighted by Gasteiger charge is 2.17. The van der Waals surface area contributed by atoms with Gasteiger partial charge in [0.2, 0.25) is 0 Å². The summed E-state index contributed by atoms with van der Waals surface area (Å²) < 4.78 is 0. The van der Waals surface area contributed by atoms with Crippen LogP contribution in [-0.4, -0.2) is 11.2 Å². The molecule has 1 heteroatoms. The Hall–Kier alpha value is -0.300. The van der Waals surface area contributed by atoms with Crippen molar-refractivity contribution in [1.82, 2.24) is 0 Å². The first kappa shape index (κ1) is 10.7. The summed E-state index contributed by atoms with van der Waals surface area (Å²) in [7, 11) is 0. The predicted molar refractivity (Wildman–Crippen MR) is 49.4 cm³/mol. The van der Waals surface area contributed by atoms with Gasteiger partial charge in [0.15, 0.2) is 0 Å². The SMILES string of the molecule is C=CC(C)C(O)C(C)CCC. The summed E-state index contributed by atoms with van der Waals surface area (Å²) >= 11 is 0. The molecule has 0 radical (unpaired) electrons. The highest BCUT2D eigenvalue weighted by atomic mass is 16.3. The van der Waals surface area contributed by atoms with Gasteiger partial charge >= 0.3 is 0 Å². The van der Waals surface area contributed by atoms with E-state index in [2.05, 4.69) is 20.4 Å². The van der Waals surface area contributed by atoms with Crippen molar-refractivity contribution in [3.05, 3.63) is 12.7 Å². The van der Waals surface area contributed by atoms with Crippen molar-refractivity contribution >= 4 is 0 Å². The second-order valence-electron chi connectivity index (χ2n) is 3.35. The molecule has 0 spiro atoms. The topological polar surface area (TPSA) is 20.2 Å². The fourth-order valence-corrected chi connectivity index (χ4v) is 1.28. The molecule has 11 heavy (non-hydrogen) atoms. The van der Waals surface area contributed by atoms with E-state index in [1.807, 2.05) is 13.0 Å². The van der Waals surface area contributed by atoms with Crippen molar-refractivity contribution in [1.29, 1.82) is 0 Å². The van der Waals surface area contributed by atoms with Crippen molar-refractivity contribution in [3.63, 3.8) is 0 Å². The van der Waals surface area contributed by atoms with Crippen LogP contribution in [0, 0.1) is 11.8 Å². The highest BCUT2D eigenvalue weighted by Crippen LogP contribution is 2.17. The van der Waals surface area contributed by atoms with E-state index in [-0.39, 0.29) is 12.0 Å². The van der Waals surface area contributed by atoms with Crippen LogP contribution in [-0.2, 0) is 0 Å². The van der Waals surface area contributed by atoms with Crippen molar-refractivity contribution in [3.8, 4) is 0 Å². The summed E-state index contributed by atoms with van der Waals surface area (Å²) in [5.41, 5.74) is 0. The van der Waals surface area contributed by atoms with Crippen LogP contribution in [0.15, 0.2) is 12.7 Å². The molecule has 66 valence electrons. The summed E-state index contributed by atoms with van der Waals surface area (Å²) in [5.74, 6) is 0.615. The third-order valence-corrected chi connectivity index (χ3v) is 2.24. The maximum absolute atomic E-state index is 9.65. The molecule has 0 aromatic heterocycles. The van der Waals surface area contributed by atoms with Crippen LogP contribution < -0.4 is 0 Å². The standard InChI is InChI=1S/C10H20O/c1-5-7-9(4)10(11)8(3)6-2/h6,8-11H,2,5,7H2,1,3-4H3. The number of hydrogen-bond donors (Lipinski definition) is 1. The monoisotopic (exact) mass is 156 g/mol. The molecular weight excluding hydrogens is 136 g/mol. The van der Waals surface area contributed by atoms with E-state index in [0.29, 0.717) is 5.92 Å². The van der Waals surface area contributed by atoms with Crippen LogP contribution in [0.25, 0.3) is 0 Å². The third kappa shape index (κ3) is 3.57. The third-order valence-electron chi connectivity index (χ3n) is 2.24. The van der Waals surface area contributed by atoms with E-state index in [9.17, 15) is 5.11 Å². The Morgan fingerprint density at radius 1 is 1.45 bits per heavy atom. The molecule has 0 fully saturated rings. The average Bonchev–Trinajstić information content (AvgIpc) is 2.02. The molecule has 3 atom stereocenters. The second kappa shape index (κ2) is 5.36. The van der Waals surface area contributed by atoms with Crippen LogP contribution in [0.1, 0.15) is 33.6 Å². The van der Waals surface area contributed by atoms with E-state index < -0.39 is 0 Å². The lowest BCUT2D eigenvalue weighted by Gasteiger charge is -2.21. The Bertz CT molecular complexity index is 109. The first-order valence-corrected chi connectivity index (χ1v) is 4.44. The number of rotatable bonds is 5. The van der Waals surface area contributed by atoms with Gasteiger partial charge < -0.3 is 5.11 Å². The van der Waals surface area contributed by atoms with Crippen molar-refractivity contribution in [2.75, 3.05) is 0 Å². The molecular formula is C10H20O. The van der Waals surface area contributed by atoms with Gasteiger partial charge in [0.05, 0.1) is 6.10 Å². The molecule has 0 aromatic carbocycles. The van der Waals surface area contributed by atoms with Crippen LogP contribution in [0.5, 0.6) is 0 Å². The average molecular weight is 156 g/mol. The second-order valence-corrected chi connectivity index (χ2v) is 3.35. The molecule has 0 saturated carbocycles. The van der Waals surface area contributed by atoms with E-state index in [4.69, 9.17) is 0 Å². The molecule has 0 saturated heterocycles. The lowest BCUT2D eigenvalue weighted by Crippen LogP contribution is -2.23. The zero-order valence-electron chi connectivity index (χ0n) is 7.88. The fraction of sp³-hybridized carbons (Fsp3) is 0.800. The quantitative estimate of drug-likeness (QED) is 0.607. The number of aliphatic hydroxyl groups is 1. The lowest BCUT2D eigenvalue weighted by molar-refractivity contribution is 0.0788. The molecule has 3 unspecified atom stereocenters. The van der Waals surface area contributed by atoms with Crippen molar-refractivity contribution in [2.45, 2.75) is 39.7 Å². The van der Waals surface area contributed by atoms with Gasteiger partial charge in [-0.25, -0.2) is 0 Å². The Morgan fingerprint density at radius 3 is 2.36 bits per heavy atom. The summed E-state index contributed by atoms with van der Waals surface area (Å²) in [4.78, 5) is 0. The molecule has 1 N–H and O–H groups in total. The van der Waals surface area contributed by atoms with Crippen LogP contribution in [0.2, 0.25) is 0 Å². The first-order valence-electron chi connectivity index (χ1n) is 4.44. The minimum absolute atomic E-state index is 0.215. The molecule has 0 aliphatic carbocycles. The molecule has 0 aromatic rings. The van der Waals surface area contributed by atoms with Gasteiger partial charge in [-0.2, -0.15) is 0 Å². The van der Waals surface area contributed by atoms with Crippen molar-refractivity contribution in [2.24, 2.45) is 11.8 Å². The molecule has 0 aliphatic heterocycles. The molecule has 0 heterocycles. The molecule has 0 amide bonds. The predicted octanol–water partition coefficient (Wildman–Crippen LogP) is 2.61.